The molecular formula is C14H7ClF6N2O2. The smallest absolute Gasteiger partial charge is 0.276 e. The first-order valence-electron chi connectivity index (χ1n) is 6.36. The van der Waals surface area contributed by atoms with E-state index in [0.29, 0.717) is 0 Å². The SMILES string of the molecule is O=C(COc1ccc(F)c(Cl)c1)NNc1c(F)c(F)c(F)c(F)c1F. The van der Waals surface area contributed by atoms with E-state index in [1.54, 1.807) is 10.9 Å². The molecular weight excluding hydrogens is 378 g/mol. The van der Waals surface area contributed by atoms with E-state index >= 15 is 0 Å². The van der Waals surface area contributed by atoms with Crippen LogP contribution >= 0.6 is 11.6 Å². The van der Waals surface area contributed by atoms with Crippen molar-refractivity contribution in [2.24, 2.45) is 0 Å². The summed E-state index contributed by atoms with van der Waals surface area (Å²) in [7, 11) is 0. The van der Waals surface area contributed by atoms with Crippen molar-refractivity contribution in [3.63, 3.8) is 0 Å². The number of hydrogen-bond acceptors (Lipinski definition) is 3. The fourth-order valence-electron chi connectivity index (χ4n) is 1.60. The molecule has 0 aromatic heterocycles. The molecule has 11 heteroatoms. The second-order valence-corrected chi connectivity index (χ2v) is 4.89. The van der Waals surface area contributed by atoms with Crippen molar-refractivity contribution in [3.05, 3.63) is 58.1 Å². The van der Waals surface area contributed by atoms with Crippen LogP contribution in [0.5, 0.6) is 5.75 Å². The van der Waals surface area contributed by atoms with Crippen LogP contribution < -0.4 is 15.6 Å². The van der Waals surface area contributed by atoms with E-state index in [4.69, 9.17) is 16.3 Å². The normalized spacial score (nSPS) is 10.5. The number of benzene rings is 2. The van der Waals surface area contributed by atoms with E-state index in [1.165, 1.54) is 0 Å². The predicted octanol–water partition coefficient (Wildman–Crippen LogP) is 3.70. The van der Waals surface area contributed by atoms with Crippen molar-refractivity contribution < 1.29 is 35.9 Å². The number of ether oxygens (including phenoxy) is 1. The summed E-state index contributed by atoms with van der Waals surface area (Å²) >= 11 is 5.49. The van der Waals surface area contributed by atoms with Crippen molar-refractivity contribution in [2.45, 2.75) is 0 Å². The Bertz CT molecular complexity index is 804. The van der Waals surface area contributed by atoms with Crippen molar-refractivity contribution >= 4 is 23.2 Å². The van der Waals surface area contributed by atoms with Gasteiger partial charge in [-0.25, -0.2) is 26.3 Å². The van der Waals surface area contributed by atoms with Gasteiger partial charge in [0.1, 0.15) is 17.3 Å². The molecule has 25 heavy (non-hydrogen) atoms. The van der Waals surface area contributed by atoms with Crippen LogP contribution in [0.4, 0.5) is 32.0 Å². The topological polar surface area (TPSA) is 50.4 Å². The van der Waals surface area contributed by atoms with Crippen LogP contribution in [-0.4, -0.2) is 12.5 Å². The maximum Gasteiger partial charge on any atom is 0.276 e. The maximum atomic E-state index is 13.4. The minimum atomic E-state index is -2.33. The summed E-state index contributed by atoms with van der Waals surface area (Å²) in [5, 5.41) is -0.266. The molecule has 0 atom stereocenters. The van der Waals surface area contributed by atoms with Gasteiger partial charge in [-0.3, -0.25) is 15.6 Å². The van der Waals surface area contributed by atoms with Gasteiger partial charge in [-0.1, -0.05) is 11.6 Å². The molecule has 1 amide bonds. The van der Waals surface area contributed by atoms with Crippen LogP contribution in [0.1, 0.15) is 0 Å². The number of nitrogens with one attached hydrogen (secondary N) is 2. The Balaban J connectivity index is 2.00. The van der Waals surface area contributed by atoms with Crippen LogP contribution in [-0.2, 0) is 4.79 Å². The molecule has 2 aromatic carbocycles. The highest BCUT2D eigenvalue weighted by atomic mass is 35.5. The van der Waals surface area contributed by atoms with Crippen molar-refractivity contribution in [1.82, 2.24) is 5.43 Å². The lowest BCUT2D eigenvalue weighted by molar-refractivity contribution is -0.122. The Morgan fingerprint density at radius 3 is 2.08 bits per heavy atom. The van der Waals surface area contributed by atoms with E-state index in [-0.39, 0.29) is 10.8 Å². The first-order valence-corrected chi connectivity index (χ1v) is 6.74. The van der Waals surface area contributed by atoms with Crippen LogP contribution in [0, 0.1) is 34.9 Å². The molecule has 0 heterocycles. The second-order valence-electron chi connectivity index (χ2n) is 4.48. The molecule has 0 spiro atoms. The Morgan fingerprint density at radius 1 is 0.960 bits per heavy atom. The molecule has 0 aliphatic heterocycles. The van der Waals surface area contributed by atoms with E-state index in [2.05, 4.69) is 0 Å². The Morgan fingerprint density at radius 2 is 1.52 bits per heavy atom. The molecule has 0 aliphatic carbocycles. The van der Waals surface area contributed by atoms with Gasteiger partial charge in [-0.15, -0.1) is 0 Å². The lowest BCUT2D eigenvalue weighted by Gasteiger charge is -2.12. The number of hydrazine groups is 1. The lowest BCUT2D eigenvalue weighted by atomic mass is 10.2. The van der Waals surface area contributed by atoms with Gasteiger partial charge in [0, 0.05) is 6.07 Å². The molecule has 2 N–H and O–H groups in total. The van der Waals surface area contributed by atoms with Crippen molar-refractivity contribution in [3.8, 4) is 5.75 Å². The Hall–Kier alpha value is -2.62. The minimum absolute atomic E-state index is 0.0118. The van der Waals surface area contributed by atoms with Gasteiger partial charge in [0.25, 0.3) is 5.91 Å². The second kappa shape index (κ2) is 7.51. The lowest BCUT2D eigenvalue weighted by Crippen LogP contribution is -2.34. The maximum absolute atomic E-state index is 13.4. The van der Waals surface area contributed by atoms with Gasteiger partial charge >= 0.3 is 0 Å². The molecule has 0 bridgehead atoms. The molecule has 0 saturated carbocycles. The highest BCUT2D eigenvalue weighted by Crippen LogP contribution is 2.26. The first-order chi connectivity index (χ1) is 11.7. The fraction of sp³-hybridized carbons (Fsp3) is 0.0714. The summed E-state index contributed by atoms with van der Waals surface area (Å²) in [5.41, 5.74) is 1.84. The highest BCUT2D eigenvalue weighted by Gasteiger charge is 2.26. The van der Waals surface area contributed by atoms with E-state index in [9.17, 15) is 31.1 Å². The van der Waals surface area contributed by atoms with Crippen molar-refractivity contribution in [1.29, 1.82) is 0 Å². The molecule has 0 aliphatic rings. The fourth-order valence-corrected chi connectivity index (χ4v) is 1.77. The van der Waals surface area contributed by atoms with Gasteiger partial charge in [0.2, 0.25) is 5.82 Å². The zero-order chi connectivity index (χ0) is 18.7. The van der Waals surface area contributed by atoms with Crippen LogP contribution in [0.2, 0.25) is 5.02 Å². The zero-order valence-corrected chi connectivity index (χ0v) is 12.7. The van der Waals surface area contributed by atoms with E-state index in [0.717, 1.165) is 18.2 Å². The monoisotopic (exact) mass is 384 g/mol. The first kappa shape index (κ1) is 18.7. The zero-order valence-electron chi connectivity index (χ0n) is 11.9. The van der Waals surface area contributed by atoms with Crippen molar-refractivity contribution in [2.75, 3.05) is 12.0 Å². The standard InChI is InChI=1S/C14H7ClF6N2O2/c15-6-3-5(1-2-7(6)16)25-4-8(24)22-23-14-12(20)10(18)9(17)11(19)13(14)21/h1-3,23H,4H2,(H,22,24). The van der Waals surface area contributed by atoms with Gasteiger partial charge in [0.05, 0.1) is 5.02 Å². The summed E-state index contributed by atoms with van der Waals surface area (Å²) in [6.45, 7) is -0.718. The average molecular weight is 385 g/mol. The molecule has 0 radical (unpaired) electrons. The van der Waals surface area contributed by atoms with Crippen LogP contribution in [0.15, 0.2) is 18.2 Å². The molecule has 0 fully saturated rings. The summed E-state index contributed by atoms with van der Waals surface area (Å²) in [6.07, 6.45) is 0. The Labute approximate surface area is 141 Å². The summed E-state index contributed by atoms with van der Waals surface area (Å²) in [4.78, 5) is 11.5. The Kier molecular flexibility index (Phi) is 5.62. The molecule has 0 unspecified atom stereocenters. The molecule has 0 saturated heterocycles. The quantitative estimate of drug-likeness (QED) is 0.358. The summed E-state index contributed by atoms with van der Waals surface area (Å²) in [5.74, 6) is -12.7. The molecule has 2 aromatic rings. The number of anilines is 1. The molecule has 2 rings (SSSR count). The van der Waals surface area contributed by atoms with Gasteiger partial charge in [-0.05, 0) is 12.1 Å². The predicted molar refractivity (Wildman–Crippen MR) is 74.9 cm³/mol. The largest absolute Gasteiger partial charge is 0.484 e. The molecule has 4 nitrogen and oxygen atoms in total. The van der Waals surface area contributed by atoms with Gasteiger partial charge in [0.15, 0.2) is 29.9 Å². The number of amides is 1. The summed E-state index contributed by atoms with van der Waals surface area (Å²) in [6, 6.07) is 3.20. The molecule has 134 valence electrons. The van der Waals surface area contributed by atoms with Crippen LogP contribution in [0.3, 0.4) is 0 Å². The van der Waals surface area contributed by atoms with Gasteiger partial charge in [-0.2, -0.15) is 0 Å². The number of carbonyl (C=O) groups excluding carboxylic acids is 1. The minimum Gasteiger partial charge on any atom is -0.484 e. The average Bonchev–Trinajstić information content (AvgIpc) is 2.59. The van der Waals surface area contributed by atoms with Crippen LogP contribution in [0.25, 0.3) is 0 Å². The van der Waals surface area contributed by atoms with E-state index < -0.39 is 53.1 Å². The van der Waals surface area contributed by atoms with Gasteiger partial charge < -0.3 is 4.74 Å². The third-order valence-electron chi connectivity index (χ3n) is 2.80. The number of carbonyl (C=O) groups is 1. The third kappa shape index (κ3) is 4.08. The number of hydrogen-bond donors (Lipinski definition) is 2. The third-order valence-corrected chi connectivity index (χ3v) is 3.09. The van der Waals surface area contributed by atoms with E-state index in [1.807, 2.05) is 0 Å². The number of halogens is 7. The highest BCUT2D eigenvalue weighted by molar-refractivity contribution is 6.30. The summed E-state index contributed by atoms with van der Waals surface area (Å²) < 4.78 is 83.4. The number of rotatable bonds is 5.